The highest BCUT2D eigenvalue weighted by Gasteiger charge is 2.39. The number of nitrogens with zero attached hydrogens (tertiary/aromatic N) is 1. The maximum atomic E-state index is 13.5. The maximum Gasteiger partial charge on any atom is 0.343 e. The molecule has 6 rings (SSSR count). The molecular formula is C27H15NO5. The smallest absolute Gasteiger partial charge is 0.343 e. The van der Waals surface area contributed by atoms with Crippen LogP contribution in [-0.4, -0.2) is 29.4 Å². The van der Waals surface area contributed by atoms with Gasteiger partial charge in [0.25, 0.3) is 0 Å². The van der Waals surface area contributed by atoms with Gasteiger partial charge < -0.3 is 9.47 Å². The minimum absolute atomic E-state index is 0.0171. The van der Waals surface area contributed by atoms with Crippen LogP contribution in [0.3, 0.4) is 0 Å². The Morgan fingerprint density at radius 3 is 2.33 bits per heavy atom. The highest BCUT2D eigenvalue weighted by Crippen LogP contribution is 2.47. The third-order valence-electron chi connectivity index (χ3n) is 5.76. The van der Waals surface area contributed by atoms with Crippen LogP contribution in [-0.2, 0) is 0 Å². The predicted molar refractivity (Wildman–Crippen MR) is 121 cm³/mol. The number of hydrogen-bond acceptors (Lipinski definition) is 6. The van der Waals surface area contributed by atoms with Gasteiger partial charge in [0.15, 0.2) is 23.4 Å². The van der Waals surface area contributed by atoms with Gasteiger partial charge in [-0.2, -0.15) is 0 Å². The summed E-state index contributed by atoms with van der Waals surface area (Å²) in [5.74, 6) is -1.16. The Balaban J connectivity index is 1.57. The predicted octanol–water partition coefficient (Wildman–Crippen LogP) is 4.64. The molecule has 33 heavy (non-hydrogen) atoms. The first-order valence-corrected chi connectivity index (χ1v) is 10.4. The normalized spacial score (nSPS) is 17.2. The molecule has 1 unspecified atom stereocenters. The lowest BCUT2D eigenvalue weighted by molar-refractivity contribution is 0.0731. The second kappa shape index (κ2) is 7.24. The molecule has 0 amide bonds. The summed E-state index contributed by atoms with van der Waals surface area (Å²) in [6, 6.07) is 16.5. The van der Waals surface area contributed by atoms with Crippen LogP contribution in [0.15, 0.2) is 90.0 Å². The average molecular weight is 433 g/mol. The van der Waals surface area contributed by atoms with Crippen LogP contribution in [0.2, 0.25) is 0 Å². The van der Waals surface area contributed by atoms with Crippen molar-refractivity contribution in [1.29, 1.82) is 0 Å². The van der Waals surface area contributed by atoms with E-state index in [2.05, 4.69) is 4.99 Å². The molecule has 1 atom stereocenters. The molecule has 0 aromatic heterocycles. The number of esters is 1. The lowest BCUT2D eigenvalue weighted by Gasteiger charge is -2.28. The number of aliphatic imine (C=N–C) groups is 1. The zero-order valence-electron chi connectivity index (χ0n) is 17.1. The molecular weight excluding hydrogens is 418 g/mol. The van der Waals surface area contributed by atoms with E-state index >= 15 is 0 Å². The number of hydrogen-bond donors (Lipinski definition) is 0. The van der Waals surface area contributed by atoms with Crippen LogP contribution in [0.25, 0.3) is 0 Å². The number of carbonyl (C=O) groups is 3. The lowest BCUT2D eigenvalue weighted by atomic mass is 9.82. The number of allylic oxidation sites excluding steroid dienone is 2. The number of ether oxygens (including phenoxy) is 2. The van der Waals surface area contributed by atoms with Gasteiger partial charge >= 0.3 is 5.97 Å². The van der Waals surface area contributed by atoms with Gasteiger partial charge in [0.2, 0.25) is 0 Å². The van der Waals surface area contributed by atoms with Crippen molar-refractivity contribution in [3.63, 3.8) is 0 Å². The maximum absolute atomic E-state index is 13.5. The summed E-state index contributed by atoms with van der Waals surface area (Å²) in [4.78, 5) is 44.5. The Morgan fingerprint density at radius 1 is 0.879 bits per heavy atom. The van der Waals surface area contributed by atoms with Gasteiger partial charge in [-0.1, -0.05) is 54.6 Å². The monoisotopic (exact) mass is 433 g/mol. The van der Waals surface area contributed by atoms with Crippen LogP contribution in [0.5, 0.6) is 11.5 Å². The number of rotatable bonds is 2. The molecule has 1 aliphatic heterocycles. The Labute approximate surface area is 188 Å². The van der Waals surface area contributed by atoms with Crippen molar-refractivity contribution in [2.45, 2.75) is 6.10 Å². The summed E-state index contributed by atoms with van der Waals surface area (Å²) in [6.07, 6.45) is 6.87. The van der Waals surface area contributed by atoms with Crippen molar-refractivity contribution in [2.24, 2.45) is 4.99 Å². The Hall–Kier alpha value is -4.58. The lowest BCUT2D eigenvalue weighted by Crippen LogP contribution is -2.30. The molecule has 3 aromatic rings. The topological polar surface area (TPSA) is 82.0 Å². The molecule has 3 aromatic carbocycles. The average Bonchev–Trinajstić information content (AvgIpc) is 2.86. The molecule has 3 aliphatic rings. The first-order chi connectivity index (χ1) is 16.1. The molecule has 0 fully saturated rings. The summed E-state index contributed by atoms with van der Waals surface area (Å²) in [7, 11) is 0. The molecule has 158 valence electrons. The number of fused-ring (bicyclic) bond motifs is 5. The third kappa shape index (κ3) is 2.96. The van der Waals surface area contributed by atoms with E-state index in [0.717, 1.165) is 0 Å². The summed E-state index contributed by atoms with van der Waals surface area (Å²) in [5, 5.41) is 0. The van der Waals surface area contributed by atoms with E-state index < -0.39 is 17.9 Å². The Bertz CT molecular complexity index is 1460. The molecule has 1 heterocycles. The van der Waals surface area contributed by atoms with Gasteiger partial charge in [0.05, 0.1) is 22.4 Å². The van der Waals surface area contributed by atoms with Crippen molar-refractivity contribution in [3.8, 4) is 11.5 Å². The third-order valence-corrected chi connectivity index (χ3v) is 5.76. The van der Waals surface area contributed by atoms with E-state index in [4.69, 9.17) is 9.47 Å². The van der Waals surface area contributed by atoms with Crippen LogP contribution in [0.4, 0.5) is 5.69 Å². The van der Waals surface area contributed by atoms with Crippen LogP contribution in [0.1, 0.15) is 42.2 Å². The quantitative estimate of drug-likeness (QED) is 0.340. The summed E-state index contributed by atoms with van der Waals surface area (Å²) in [5.41, 5.74) is 1.86. The highest BCUT2D eigenvalue weighted by molar-refractivity contribution is 6.31. The van der Waals surface area contributed by atoms with Gasteiger partial charge in [-0.05, 0) is 24.3 Å². The molecule has 0 saturated carbocycles. The molecule has 0 radical (unpaired) electrons. The van der Waals surface area contributed by atoms with Crippen LogP contribution < -0.4 is 9.47 Å². The first kappa shape index (κ1) is 19.1. The van der Waals surface area contributed by atoms with E-state index in [9.17, 15) is 14.4 Å². The summed E-state index contributed by atoms with van der Waals surface area (Å²) >= 11 is 0. The van der Waals surface area contributed by atoms with Gasteiger partial charge in [-0.25, -0.2) is 9.79 Å². The van der Waals surface area contributed by atoms with Crippen LogP contribution >= 0.6 is 0 Å². The standard InChI is InChI=1S/C27H15NO5/c29-25-16-10-4-5-11-17(16)26(30)23-22(25)20(33-27(31)15-8-2-1-3-9-15)14-21-24(23)28-18-12-6-7-13-19(18)32-21/h1-14,19H. The minimum atomic E-state index is -0.641. The Kier molecular flexibility index (Phi) is 4.20. The minimum Gasteiger partial charge on any atom is -0.478 e. The Morgan fingerprint density at radius 2 is 1.58 bits per heavy atom. The number of benzene rings is 3. The molecule has 0 spiro atoms. The van der Waals surface area contributed by atoms with E-state index in [0.29, 0.717) is 11.3 Å². The van der Waals surface area contributed by atoms with Gasteiger partial charge in [0, 0.05) is 17.2 Å². The van der Waals surface area contributed by atoms with E-state index in [1.54, 1.807) is 60.7 Å². The first-order valence-electron chi connectivity index (χ1n) is 10.4. The van der Waals surface area contributed by atoms with Crippen LogP contribution in [0, 0.1) is 0 Å². The molecule has 2 aliphatic carbocycles. The number of carbonyl (C=O) groups excluding carboxylic acids is 3. The fourth-order valence-corrected chi connectivity index (χ4v) is 4.21. The SMILES string of the molecule is O=C(Oc1cc2c(c3c1C(=O)c1ccccc1C3=O)N=C1C=CC=CC1O2)c1ccccc1. The van der Waals surface area contributed by atoms with Gasteiger partial charge in [-0.15, -0.1) is 0 Å². The summed E-state index contributed by atoms with van der Waals surface area (Å²) in [6.45, 7) is 0. The molecule has 0 bridgehead atoms. The van der Waals surface area contributed by atoms with Crippen molar-refractivity contribution in [1.82, 2.24) is 0 Å². The van der Waals surface area contributed by atoms with Crippen molar-refractivity contribution in [3.05, 3.63) is 113 Å². The zero-order chi connectivity index (χ0) is 22.5. The van der Waals surface area contributed by atoms with E-state index in [1.165, 1.54) is 6.07 Å². The molecule has 6 heteroatoms. The van der Waals surface area contributed by atoms with Crippen molar-refractivity contribution < 1.29 is 23.9 Å². The van der Waals surface area contributed by atoms with E-state index in [1.807, 2.05) is 18.2 Å². The van der Waals surface area contributed by atoms with Gasteiger partial charge in [-0.3, -0.25) is 9.59 Å². The molecule has 0 N–H and O–H groups in total. The molecule has 6 nitrogen and oxygen atoms in total. The second-order valence-electron chi connectivity index (χ2n) is 7.75. The van der Waals surface area contributed by atoms with Crippen molar-refractivity contribution >= 4 is 28.9 Å². The van der Waals surface area contributed by atoms with Gasteiger partial charge in [0.1, 0.15) is 11.4 Å². The highest BCUT2D eigenvalue weighted by atomic mass is 16.5. The van der Waals surface area contributed by atoms with Crippen molar-refractivity contribution in [2.75, 3.05) is 0 Å². The number of ketones is 2. The fraction of sp³-hybridized carbons (Fsp3) is 0.0370. The van der Waals surface area contributed by atoms with E-state index in [-0.39, 0.29) is 45.2 Å². The zero-order valence-corrected chi connectivity index (χ0v) is 17.1. The summed E-state index contributed by atoms with van der Waals surface area (Å²) < 4.78 is 11.7. The largest absolute Gasteiger partial charge is 0.478 e. The molecule has 0 saturated heterocycles. The fourth-order valence-electron chi connectivity index (χ4n) is 4.21. The second-order valence-corrected chi connectivity index (χ2v) is 7.75.